The second kappa shape index (κ2) is 9.99. The van der Waals surface area contributed by atoms with Crippen LogP contribution in [0.3, 0.4) is 0 Å². The van der Waals surface area contributed by atoms with Gasteiger partial charge in [-0.3, -0.25) is 0 Å². The summed E-state index contributed by atoms with van der Waals surface area (Å²) in [4.78, 5) is 29.8. The molecule has 2 atom stereocenters. The van der Waals surface area contributed by atoms with Gasteiger partial charge in [-0.05, 0) is 49.9 Å². The molecule has 180 valence electrons. The molecule has 3 heterocycles. The SMILES string of the molecule is CN[C@@H]1CN(C(=O)N2CC(c3ccc(N4CC(OCC5CC5)C4)cc3)C2)CC[C@@H]1OCC=O. The van der Waals surface area contributed by atoms with Gasteiger partial charge >= 0.3 is 6.03 Å². The molecular formula is C25H36N4O4. The molecule has 0 aromatic heterocycles. The summed E-state index contributed by atoms with van der Waals surface area (Å²) in [6, 6.07) is 9.00. The molecule has 33 heavy (non-hydrogen) atoms. The smallest absolute Gasteiger partial charge is 0.320 e. The Labute approximate surface area is 196 Å². The highest BCUT2D eigenvalue weighted by atomic mass is 16.5. The molecule has 2 amide bonds. The van der Waals surface area contributed by atoms with Crippen molar-refractivity contribution in [3.8, 4) is 0 Å². The summed E-state index contributed by atoms with van der Waals surface area (Å²) in [5.41, 5.74) is 2.56. The third-order valence-corrected chi connectivity index (χ3v) is 7.56. The van der Waals surface area contributed by atoms with Crippen LogP contribution in [0.5, 0.6) is 0 Å². The minimum absolute atomic E-state index is 0.0293. The first-order chi connectivity index (χ1) is 16.1. The Kier molecular flexibility index (Phi) is 6.85. The largest absolute Gasteiger partial charge is 0.374 e. The van der Waals surface area contributed by atoms with Crippen LogP contribution in [0.2, 0.25) is 0 Å². The molecule has 5 rings (SSSR count). The number of nitrogens with one attached hydrogen (secondary N) is 1. The monoisotopic (exact) mass is 456 g/mol. The first-order valence-electron chi connectivity index (χ1n) is 12.4. The standard InChI is InChI=1S/C25H36N4O4/c1-26-23-16-27(9-8-24(23)32-11-10-30)25(31)29-12-20(13-29)19-4-6-21(7-5-19)28-14-22(15-28)33-17-18-2-3-18/h4-7,10,18,20,22-24,26H,2-3,8-9,11-17H2,1H3/t23-,24+/m1/s1. The van der Waals surface area contributed by atoms with Crippen molar-refractivity contribution in [2.75, 3.05) is 64.4 Å². The van der Waals surface area contributed by atoms with Crippen molar-refractivity contribution < 1.29 is 19.1 Å². The van der Waals surface area contributed by atoms with Gasteiger partial charge in [0.15, 0.2) is 0 Å². The number of likely N-dealkylation sites (N-methyl/N-ethyl adjacent to an activating group) is 1. The molecule has 3 aliphatic heterocycles. The molecule has 0 radical (unpaired) electrons. The summed E-state index contributed by atoms with van der Waals surface area (Å²) in [6.45, 7) is 5.83. The maximum absolute atomic E-state index is 13.0. The van der Waals surface area contributed by atoms with Crippen LogP contribution in [0.15, 0.2) is 24.3 Å². The molecule has 1 N–H and O–H groups in total. The summed E-state index contributed by atoms with van der Waals surface area (Å²) in [6.07, 6.45) is 4.57. The van der Waals surface area contributed by atoms with Crippen LogP contribution in [0.25, 0.3) is 0 Å². The third kappa shape index (κ3) is 5.18. The molecule has 1 saturated carbocycles. The van der Waals surface area contributed by atoms with Crippen LogP contribution in [0.1, 0.15) is 30.7 Å². The average Bonchev–Trinajstić information content (AvgIpc) is 3.61. The van der Waals surface area contributed by atoms with Gasteiger partial charge in [0, 0.05) is 57.5 Å². The lowest BCUT2D eigenvalue weighted by Crippen LogP contribution is -2.60. The molecule has 1 aromatic rings. The Hall–Kier alpha value is -2.16. The van der Waals surface area contributed by atoms with Crippen LogP contribution in [-0.4, -0.2) is 99.9 Å². The maximum Gasteiger partial charge on any atom is 0.320 e. The molecule has 0 bridgehead atoms. The predicted molar refractivity (Wildman–Crippen MR) is 126 cm³/mol. The van der Waals surface area contributed by atoms with E-state index in [1.54, 1.807) is 0 Å². The van der Waals surface area contributed by atoms with Crippen LogP contribution in [0.4, 0.5) is 10.5 Å². The Balaban J connectivity index is 1.05. The number of amides is 2. The number of rotatable bonds is 9. The van der Waals surface area contributed by atoms with Crippen molar-refractivity contribution >= 4 is 18.0 Å². The lowest BCUT2D eigenvalue weighted by molar-refractivity contribution is -0.115. The number of hydrogen-bond donors (Lipinski definition) is 1. The second-order valence-corrected chi connectivity index (χ2v) is 9.95. The highest BCUT2D eigenvalue weighted by molar-refractivity contribution is 5.76. The number of aldehydes is 1. The number of urea groups is 1. The van der Waals surface area contributed by atoms with E-state index in [4.69, 9.17) is 9.47 Å². The lowest BCUT2D eigenvalue weighted by Gasteiger charge is -2.45. The zero-order valence-electron chi connectivity index (χ0n) is 19.5. The van der Waals surface area contributed by atoms with E-state index in [1.165, 1.54) is 24.1 Å². The number of carbonyl (C=O) groups is 2. The van der Waals surface area contributed by atoms with Gasteiger partial charge in [-0.2, -0.15) is 0 Å². The normalized spacial score (nSPS) is 26.2. The van der Waals surface area contributed by atoms with Gasteiger partial charge in [-0.25, -0.2) is 4.79 Å². The quantitative estimate of drug-likeness (QED) is 0.570. The first kappa shape index (κ1) is 22.6. The Morgan fingerprint density at radius 1 is 1.03 bits per heavy atom. The van der Waals surface area contributed by atoms with Crippen molar-refractivity contribution in [1.29, 1.82) is 0 Å². The van der Waals surface area contributed by atoms with Gasteiger partial charge in [0.1, 0.15) is 12.9 Å². The Bertz CT molecular complexity index is 818. The van der Waals surface area contributed by atoms with Gasteiger partial charge in [0.05, 0.1) is 18.2 Å². The predicted octanol–water partition coefficient (Wildman–Crippen LogP) is 1.70. The minimum atomic E-state index is -0.0293. The average molecular weight is 457 g/mol. The van der Waals surface area contributed by atoms with Gasteiger partial charge in [0.25, 0.3) is 0 Å². The second-order valence-electron chi connectivity index (χ2n) is 9.95. The number of nitrogens with zero attached hydrogens (tertiary/aromatic N) is 3. The first-order valence-corrected chi connectivity index (χ1v) is 12.4. The topological polar surface area (TPSA) is 74.4 Å². The molecule has 4 fully saturated rings. The van der Waals surface area contributed by atoms with E-state index in [0.29, 0.717) is 25.1 Å². The van der Waals surface area contributed by atoms with E-state index in [9.17, 15) is 9.59 Å². The lowest BCUT2D eigenvalue weighted by atomic mass is 9.91. The molecule has 8 nitrogen and oxygen atoms in total. The Morgan fingerprint density at radius 3 is 2.45 bits per heavy atom. The molecule has 0 spiro atoms. The van der Waals surface area contributed by atoms with Crippen LogP contribution < -0.4 is 10.2 Å². The summed E-state index contributed by atoms with van der Waals surface area (Å²) in [7, 11) is 1.88. The number of anilines is 1. The molecule has 8 heteroatoms. The summed E-state index contributed by atoms with van der Waals surface area (Å²) in [5, 5.41) is 3.23. The number of likely N-dealkylation sites (tertiary alicyclic amines) is 2. The summed E-state index contributed by atoms with van der Waals surface area (Å²) < 4.78 is 11.6. The molecule has 1 aromatic carbocycles. The van der Waals surface area contributed by atoms with Crippen LogP contribution >= 0.6 is 0 Å². The van der Waals surface area contributed by atoms with E-state index in [-0.39, 0.29) is 24.8 Å². The van der Waals surface area contributed by atoms with Crippen molar-refractivity contribution in [3.63, 3.8) is 0 Å². The molecule has 3 saturated heterocycles. The molecule has 4 aliphatic rings. The molecular weight excluding hydrogens is 420 g/mol. The maximum atomic E-state index is 13.0. The number of carbonyl (C=O) groups excluding carboxylic acids is 2. The van der Waals surface area contributed by atoms with E-state index in [0.717, 1.165) is 51.4 Å². The van der Waals surface area contributed by atoms with Gasteiger partial charge in [-0.1, -0.05) is 12.1 Å². The number of piperidine rings is 1. The third-order valence-electron chi connectivity index (χ3n) is 7.56. The summed E-state index contributed by atoms with van der Waals surface area (Å²) >= 11 is 0. The fraction of sp³-hybridized carbons (Fsp3) is 0.680. The summed E-state index contributed by atoms with van der Waals surface area (Å²) in [5.74, 6) is 1.23. The van der Waals surface area contributed by atoms with Gasteiger partial charge in [-0.15, -0.1) is 0 Å². The number of benzene rings is 1. The fourth-order valence-corrected chi connectivity index (χ4v) is 5.06. The van der Waals surface area contributed by atoms with Crippen molar-refractivity contribution in [3.05, 3.63) is 29.8 Å². The van der Waals surface area contributed by atoms with E-state index < -0.39 is 0 Å². The van der Waals surface area contributed by atoms with Gasteiger partial charge in [0.2, 0.25) is 0 Å². The van der Waals surface area contributed by atoms with E-state index in [2.05, 4.69) is 34.5 Å². The van der Waals surface area contributed by atoms with Gasteiger partial charge < -0.3 is 34.3 Å². The van der Waals surface area contributed by atoms with E-state index >= 15 is 0 Å². The molecule has 0 unspecified atom stereocenters. The minimum Gasteiger partial charge on any atom is -0.374 e. The highest BCUT2D eigenvalue weighted by Crippen LogP contribution is 2.33. The van der Waals surface area contributed by atoms with Crippen molar-refractivity contribution in [2.24, 2.45) is 5.92 Å². The zero-order chi connectivity index (χ0) is 22.8. The van der Waals surface area contributed by atoms with Crippen molar-refractivity contribution in [2.45, 2.75) is 43.4 Å². The van der Waals surface area contributed by atoms with Crippen LogP contribution in [-0.2, 0) is 14.3 Å². The zero-order valence-corrected chi connectivity index (χ0v) is 19.5. The molecule has 1 aliphatic carbocycles. The van der Waals surface area contributed by atoms with Crippen molar-refractivity contribution in [1.82, 2.24) is 15.1 Å². The fourth-order valence-electron chi connectivity index (χ4n) is 5.06. The van der Waals surface area contributed by atoms with E-state index in [1.807, 2.05) is 16.8 Å². The Morgan fingerprint density at radius 2 is 1.79 bits per heavy atom. The highest BCUT2D eigenvalue weighted by Gasteiger charge is 2.38. The number of hydrogen-bond acceptors (Lipinski definition) is 6. The number of ether oxygens (including phenoxy) is 2. The van der Waals surface area contributed by atoms with Crippen LogP contribution in [0, 0.1) is 5.92 Å².